The van der Waals surface area contributed by atoms with Gasteiger partial charge >= 0.3 is 5.97 Å². The van der Waals surface area contributed by atoms with Crippen LogP contribution in [0.1, 0.15) is 21.6 Å². The van der Waals surface area contributed by atoms with Crippen molar-refractivity contribution >= 4 is 39.4 Å². The zero-order chi connectivity index (χ0) is 23.4. The molecular formula is C26H18ClN3O4. The molecule has 0 saturated heterocycles. The van der Waals surface area contributed by atoms with Crippen molar-refractivity contribution in [3.63, 3.8) is 0 Å². The molecule has 0 spiro atoms. The van der Waals surface area contributed by atoms with Crippen LogP contribution in [0, 0.1) is 0 Å². The van der Waals surface area contributed by atoms with Crippen molar-refractivity contribution in [2.75, 3.05) is 6.61 Å². The normalized spacial score (nSPS) is 12.7. The number of nitrogens with one attached hydrogen (secondary N) is 1. The van der Waals surface area contributed by atoms with E-state index in [9.17, 15) is 14.7 Å². The molecule has 5 aromatic rings. The lowest BCUT2D eigenvalue weighted by molar-refractivity contribution is 0.0687. The Hall–Kier alpha value is -4.10. The number of aromatic amines is 1. The summed E-state index contributed by atoms with van der Waals surface area (Å²) < 4.78 is 7.62. The zero-order valence-electron chi connectivity index (χ0n) is 17.8. The Morgan fingerprint density at radius 2 is 2.03 bits per heavy atom. The van der Waals surface area contributed by atoms with Crippen LogP contribution in [0.5, 0.6) is 5.75 Å². The number of halogens is 1. The van der Waals surface area contributed by atoms with Crippen molar-refractivity contribution < 1.29 is 14.6 Å². The van der Waals surface area contributed by atoms with Crippen LogP contribution in [0.4, 0.5) is 0 Å². The Morgan fingerprint density at radius 1 is 1.18 bits per heavy atom. The number of aromatic carboxylic acids is 1. The van der Waals surface area contributed by atoms with Crippen LogP contribution in [0.15, 0.2) is 65.6 Å². The second kappa shape index (κ2) is 7.74. The summed E-state index contributed by atoms with van der Waals surface area (Å²) in [6, 6.07) is 16.7. The van der Waals surface area contributed by atoms with Crippen molar-refractivity contribution in [3.8, 4) is 16.9 Å². The minimum Gasteiger partial charge on any atom is -0.492 e. The molecule has 4 heterocycles. The summed E-state index contributed by atoms with van der Waals surface area (Å²) in [6.45, 7) is 0.672. The van der Waals surface area contributed by atoms with E-state index in [4.69, 9.17) is 16.3 Å². The number of pyridine rings is 2. The molecule has 1 aliphatic heterocycles. The first-order valence-corrected chi connectivity index (χ1v) is 11.2. The number of aromatic nitrogens is 3. The molecule has 0 amide bonds. The first-order chi connectivity index (χ1) is 16.5. The number of para-hydroxylation sites is 1. The Morgan fingerprint density at radius 3 is 2.85 bits per heavy atom. The third-order valence-electron chi connectivity index (χ3n) is 6.25. The maximum absolute atomic E-state index is 12.8. The van der Waals surface area contributed by atoms with Crippen molar-refractivity contribution in [1.82, 2.24) is 14.5 Å². The van der Waals surface area contributed by atoms with Gasteiger partial charge in [-0.05, 0) is 35.9 Å². The number of fused-ring (bicyclic) bond motifs is 4. The third-order valence-corrected chi connectivity index (χ3v) is 6.58. The smallest absolute Gasteiger partial charge is 0.353 e. The number of rotatable bonds is 4. The SMILES string of the molecule is O=C(O)c1c(-c2ccc[nH]c2=O)c2c3c(ccc2n1Cc1cc2ccccc2nc1Cl)CCO3. The van der Waals surface area contributed by atoms with E-state index >= 15 is 0 Å². The Bertz CT molecular complexity index is 1690. The molecule has 0 fully saturated rings. The fourth-order valence-electron chi connectivity index (χ4n) is 4.77. The number of carboxylic acid groups (broad SMARTS) is 1. The van der Waals surface area contributed by atoms with E-state index in [2.05, 4.69) is 9.97 Å². The molecule has 3 aromatic heterocycles. The molecular weight excluding hydrogens is 454 g/mol. The van der Waals surface area contributed by atoms with E-state index in [0.717, 1.165) is 22.9 Å². The quantitative estimate of drug-likeness (QED) is 0.364. The van der Waals surface area contributed by atoms with Crippen LogP contribution in [0.2, 0.25) is 5.15 Å². The summed E-state index contributed by atoms with van der Waals surface area (Å²) in [5.41, 5.74) is 3.32. The summed E-state index contributed by atoms with van der Waals surface area (Å²) in [5, 5.41) is 12.2. The lowest BCUT2D eigenvalue weighted by atomic mass is 10.0. The highest BCUT2D eigenvalue weighted by atomic mass is 35.5. The number of nitrogens with zero attached hydrogens (tertiary/aromatic N) is 2. The number of hydrogen-bond acceptors (Lipinski definition) is 4. The largest absolute Gasteiger partial charge is 0.492 e. The van der Waals surface area contributed by atoms with Gasteiger partial charge in [0.15, 0.2) is 0 Å². The van der Waals surface area contributed by atoms with Crippen LogP contribution < -0.4 is 10.3 Å². The van der Waals surface area contributed by atoms with Gasteiger partial charge in [0, 0.05) is 29.1 Å². The Labute approximate surface area is 198 Å². The van der Waals surface area contributed by atoms with Crippen LogP contribution >= 0.6 is 11.6 Å². The average molecular weight is 472 g/mol. The summed E-state index contributed by atoms with van der Waals surface area (Å²) in [4.78, 5) is 32.6. The van der Waals surface area contributed by atoms with Gasteiger partial charge in [-0.2, -0.15) is 0 Å². The molecule has 6 rings (SSSR count). The van der Waals surface area contributed by atoms with Gasteiger partial charge in [0.05, 0.1) is 35.1 Å². The van der Waals surface area contributed by atoms with Gasteiger partial charge in [-0.3, -0.25) is 4.79 Å². The van der Waals surface area contributed by atoms with Gasteiger partial charge < -0.3 is 19.4 Å². The van der Waals surface area contributed by atoms with E-state index < -0.39 is 5.97 Å². The number of carbonyl (C=O) groups is 1. The number of carboxylic acids is 1. The average Bonchev–Trinajstić information content (AvgIpc) is 3.42. The second-order valence-electron chi connectivity index (χ2n) is 8.21. The molecule has 0 atom stereocenters. The fourth-order valence-corrected chi connectivity index (χ4v) is 4.97. The molecule has 168 valence electrons. The van der Waals surface area contributed by atoms with Gasteiger partial charge in [0.2, 0.25) is 0 Å². The molecule has 0 aliphatic carbocycles. The number of hydrogen-bond donors (Lipinski definition) is 2. The maximum Gasteiger partial charge on any atom is 0.353 e. The predicted molar refractivity (Wildman–Crippen MR) is 130 cm³/mol. The van der Waals surface area contributed by atoms with E-state index in [0.29, 0.717) is 39.5 Å². The predicted octanol–water partition coefficient (Wildman–Crippen LogP) is 4.88. The second-order valence-corrected chi connectivity index (χ2v) is 8.56. The lowest BCUT2D eigenvalue weighted by Crippen LogP contribution is -2.14. The highest BCUT2D eigenvalue weighted by Gasteiger charge is 2.30. The van der Waals surface area contributed by atoms with E-state index in [1.54, 1.807) is 16.7 Å². The minimum absolute atomic E-state index is 0.000162. The lowest BCUT2D eigenvalue weighted by Gasteiger charge is -2.12. The molecule has 0 bridgehead atoms. The van der Waals surface area contributed by atoms with Crippen molar-refractivity contribution in [2.45, 2.75) is 13.0 Å². The van der Waals surface area contributed by atoms with Gasteiger partial charge in [-0.25, -0.2) is 9.78 Å². The maximum atomic E-state index is 12.8. The summed E-state index contributed by atoms with van der Waals surface area (Å²) in [5.74, 6) is -0.522. The van der Waals surface area contributed by atoms with Gasteiger partial charge in [0.1, 0.15) is 16.6 Å². The van der Waals surface area contributed by atoms with Crippen molar-refractivity contribution in [2.24, 2.45) is 0 Å². The minimum atomic E-state index is -1.15. The standard InChI is InChI=1S/C26H18ClN3O4/c27-24-16(12-15-4-1-2-6-18(15)29-24)13-30-19-8-7-14-9-11-34-23(14)21(19)20(22(30)26(32)33)17-5-3-10-28-25(17)31/h1-8,10,12H,9,11,13H2,(H,28,31)(H,32,33). The first kappa shape index (κ1) is 20.5. The van der Waals surface area contributed by atoms with Crippen LogP contribution in [-0.4, -0.2) is 32.2 Å². The molecule has 1 aliphatic rings. The number of H-pyrrole nitrogens is 1. The Kier molecular flexibility index (Phi) is 4.67. The highest BCUT2D eigenvalue weighted by molar-refractivity contribution is 6.30. The topological polar surface area (TPSA) is 97.2 Å². The highest BCUT2D eigenvalue weighted by Crippen LogP contribution is 2.43. The third kappa shape index (κ3) is 3.08. The molecule has 2 aromatic carbocycles. The zero-order valence-corrected chi connectivity index (χ0v) is 18.6. The molecule has 34 heavy (non-hydrogen) atoms. The molecule has 0 saturated carbocycles. The fraction of sp³-hybridized carbons (Fsp3) is 0.115. The monoisotopic (exact) mass is 471 g/mol. The van der Waals surface area contributed by atoms with Gasteiger partial charge in [-0.15, -0.1) is 0 Å². The summed E-state index contributed by atoms with van der Waals surface area (Å²) >= 11 is 6.53. The number of ether oxygens (including phenoxy) is 1. The van der Waals surface area contributed by atoms with Crippen LogP contribution in [0.25, 0.3) is 32.9 Å². The van der Waals surface area contributed by atoms with Crippen molar-refractivity contribution in [3.05, 3.63) is 93.1 Å². The molecule has 0 unspecified atom stereocenters. The molecule has 0 radical (unpaired) electrons. The van der Waals surface area contributed by atoms with Gasteiger partial charge in [-0.1, -0.05) is 35.9 Å². The molecule has 8 heteroatoms. The van der Waals surface area contributed by atoms with E-state index in [1.165, 1.54) is 6.20 Å². The summed E-state index contributed by atoms with van der Waals surface area (Å²) in [7, 11) is 0. The number of benzene rings is 2. The van der Waals surface area contributed by atoms with Crippen LogP contribution in [-0.2, 0) is 13.0 Å². The van der Waals surface area contributed by atoms with E-state index in [1.807, 2.05) is 42.5 Å². The molecule has 7 nitrogen and oxygen atoms in total. The summed E-state index contributed by atoms with van der Waals surface area (Å²) in [6.07, 6.45) is 2.25. The first-order valence-electron chi connectivity index (χ1n) is 10.8. The van der Waals surface area contributed by atoms with E-state index in [-0.39, 0.29) is 23.4 Å². The molecule has 2 N–H and O–H groups in total. The van der Waals surface area contributed by atoms with Gasteiger partial charge in [0.25, 0.3) is 5.56 Å². The van der Waals surface area contributed by atoms with Crippen LogP contribution in [0.3, 0.4) is 0 Å². The Balaban J connectivity index is 1.68. The van der Waals surface area contributed by atoms with Crippen molar-refractivity contribution in [1.29, 1.82) is 0 Å².